The molecule has 1 aliphatic rings. The summed E-state index contributed by atoms with van der Waals surface area (Å²) in [5.41, 5.74) is -0.771. The monoisotopic (exact) mass is 255 g/mol. The first-order valence-corrected chi connectivity index (χ1v) is 7.61. The maximum absolute atomic E-state index is 12.3. The van der Waals surface area contributed by atoms with Crippen LogP contribution < -0.4 is 0 Å². The first kappa shape index (κ1) is 15.5. The van der Waals surface area contributed by atoms with Gasteiger partial charge >= 0.3 is 0 Å². The molecular formula is C15H29NO2. The number of carbonyl (C=O) groups excluding carboxylic acids is 1. The third kappa shape index (κ3) is 4.97. The molecule has 106 valence electrons. The average Bonchev–Trinajstić information content (AvgIpc) is 2.57. The highest BCUT2D eigenvalue weighted by molar-refractivity contribution is 5.77. The van der Waals surface area contributed by atoms with Crippen molar-refractivity contribution < 1.29 is 9.90 Å². The van der Waals surface area contributed by atoms with Crippen molar-refractivity contribution in [1.29, 1.82) is 0 Å². The smallest absolute Gasteiger partial charge is 0.225 e. The van der Waals surface area contributed by atoms with Crippen LogP contribution in [0, 0.1) is 0 Å². The Hall–Kier alpha value is -0.570. The zero-order chi connectivity index (χ0) is 13.4. The van der Waals surface area contributed by atoms with Crippen molar-refractivity contribution in [1.82, 2.24) is 4.90 Å². The van der Waals surface area contributed by atoms with E-state index >= 15 is 0 Å². The Morgan fingerprint density at radius 1 is 1.06 bits per heavy atom. The molecule has 1 saturated heterocycles. The number of nitrogens with zero attached hydrogens (tertiary/aromatic N) is 1. The Balaban J connectivity index is 2.53. The Morgan fingerprint density at radius 3 is 2.00 bits per heavy atom. The van der Waals surface area contributed by atoms with Crippen molar-refractivity contribution in [2.24, 2.45) is 0 Å². The van der Waals surface area contributed by atoms with Crippen molar-refractivity contribution in [3.8, 4) is 0 Å². The minimum absolute atomic E-state index is 0.154. The van der Waals surface area contributed by atoms with Gasteiger partial charge in [0.2, 0.25) is 5.91 Å². The number of amides is 1. The van der Waals surface area contributed by atoms with Crippen molar-refractivity contribution in [3.05, 3.63) is 0 Å². The Morgan fingerprint density at radius 2 is 1.56 bits per heavy atom. The quantitative estimate of drug-likeness (QED) is 0.792. The van der Waals surface area contributed by atoms with E-state index in [1.165, 1.54) is 12.8 Å². The Labute approximate surface area is 112 Å². The van der Waals surface area contributed by atoms with E-state index in [1.807, 2.05) is 4.90 Å². The molecule has 1 heterocycles. The zero-order valence-electron chi connectivity index (χ0n) is 12.1. The SMILES string of the molecule is CCCC(O)(CCC)CC(=O)N1CCCCCC1. The van der Waals surface area contributed by atoms with Crippen LogP contribution in [0.1, 0.15) is 71.6 Å². The van der Waals surface area contributed by atoms with Crippen LogP contribution in [0.25, 0.3) is 0 Å². The van der Waals surface area contributed by atoms with Gasteiger partial charge in [0, 0.05) is 13.1 Å². The number of aliphatic hydroxyl groups is 1. The summed E-state index contributed by atoms with van der Waals surface area (Å²) in [4.78, 5) is 14.2. The van der Waals surface area contributed by atoms with Gasteiger partial charge in [0.15, 0.2) is 0 Å². The fraction of sp³-hybridized carbons (Fsp3) is 0.933. The van der Waals surface area contributed by atoms with Gasteiger partial charge in [-0.3, -0.25) is 4.79 Å². The van der Waals surface area contributed by atoms with Crippen LogP contribution >= 0.6 is 0 Å². The summed E-state index contributed by atoms with van der Waals surface area (Å²) in [5.74, 6) is 0.154. The summed E-state index contributed by atoms with van der Waals surface area (Å²) in [6.45, 7) is 5.90. The second-order valence-electron chi connectivity index (χ2n) is 5.70. The number of likely N-dealkylation sites (tertiary alicyclic amines) is 1. The molecule has 1 aliphatic heterocycles. The van der Waals surface area contributed by atoms with Crippen LogP contribution in [-0.2, 0) is 4.79 Å². The molecule has 0 aromatic heterocycles. The minimum Gasteiger partial charge on any atom is -0.389 e. The molecule has 0 saturated carbocycles. The largest absolute Gasteiger partial charge is 0.389 e. The third-order valence-electron chi connectivity index (χ3n) is 3.87. The molecule has 0 atom stereocenters. The van der Waals surface area contributed by atoms with E-state index in [0.717, 1.165) is 51.6 Å². The maximum Gasteiger partial charge on any atom is 0.225 e. The summed E-state index contributed by atoms with van der Waals surface area (Å²) in [5, 5.41) is 10.5. The Kier molecular flexibility index (Phi) is 6.69. The fourth-order valence-electron chi connectivity index (χ4n) is 2.95. The van der Waals surface area contributed by atoms with Crippen molar-refractivity contribution in [3.63, 3.8) is 0 Å². The van der Waals surface area contributed by atoms with E-state index in [-0.39, 0.29) is 5.91 Å². The number of rotatable bonds is 6. The molecular weight excluding hydrogens is 226 g/mol. The first-order valence-electron chi connectivity index (χ1n) is 7.61. The molecule has 1 amide bonds. The molecule has 0 aromatic rings. The van der Waals surface area contributed by atoms with Crippen molar-refractivity contribution in [2.45, 2.75) is 77.2 Å². The highest BCUT2D eigenvalue weighted by Crippen LogP contribution is 2.25. The van der Waals surface area contributed by atoms with Crippen molar-refractivity contribution in [2.75, 3.05) is 13.1 Å². The normalized spacial score (nSPS) is 17.6. The summed E-state index contributed by atoms with van der Waals surface area (Å²) >= 11 is 0. The van der Waals surface area contributed by atoms with E-state index < -0.39 is 5.60 Å². The zero-order valence-corrected chi connectivity index (χ0v) is 12.1. The maximum atomic E-state index is 12.3. The molecule has 1 N–H and O–H groups in total. The molecule has 0 bridgehead atoms. The van der Waals surface area contributed by atoms with Gasteiger partial charge in [0.05, 0.1) is 12.0 Å². The van der Waals surface area contributed by atoms with Crippen LogP contribution in [0.15, 0.2) is 0 Å². The molecule has 0 aromatic carbocycles. The number of hydrogen-bond donors (Lipinski definition) is 1. The van der Waals surface area contributed by atoms with Crippen LogP contribution in [0.5, 0.6) is 0 Å². The van der Waals surface area contributed by atoms with E-state index in [0.29, 0.717) is 6.42 Å². The topological polar surface area (TPSA) is 40.5 Å². The molecule has 0 unspecified atom stereocenters. The molecule has 3 nitrogen and oxygen atoms in total. The minimum atomic E-state index is -0.771. The highest BCUT2D eigenvalue weighted by atomic mass is 16.3. The molecule has 18 heavy (non-hydrogen) atoms. The van der Waals surface area contributed by atoms with Gasteiger partial charge in [-0.25, -0.2) is 0 Å². The van der Waals surface area contributed by atoms with E-state index in [2.05, 4.69) is 13.8 Å². The van der Waals surface area contributed by atoms with Crippen LogP contribution in [-0.4, -0.2) is 34.6 Å². The lowest BCUT2D eigenvalue weighted by molar-refractivity contribution is -0.137. The second kappa shape index (κ2) is 7.78. The van der Waals surface area contributed by atoms with Crippen LogP contribution in [0.2, 0.25) is 0 Å². The highest BCUT2D eigenvalue weighted by Gasteiger charge is 2.30. The molecule has 3 heteroatoms. The predicted octanol–water partition coefficient (Wildman–Crippen LogP) is 3.11. The third-order valence-corrected chi connectivity index (χ3v) is 3.87. The van der Waals surface area contributed by atoms with Crippen LogP contribution in [0.3, 0.4) is 0 Å². The van der Waals surface area contributed by atoms with Gasteiger partial charge in [-0.2, -0.15) is 0 Å². The summed E-state index contributed by atoms with van der Waals surface area (Å²) in [6, 6.07) is 0. The average molecular weight is 255 g/mol. The standard InChI is InChI=1S/C15H29NO2/c1-3-9-15(18,10-4-2)13-14(17)16-11-7-5-6-8-12-16/h18H,3-13H2,1-2H3. The van der Waals surface area contributed by atoms with Gasteiger partial charge < -0.3 is 10.0 Å². The lowest BCUT2D eigenvalue weighted by atomic mass is 9.89. The number of carbonyl (C=O) groups is 1. The Bertz CT molecular complexity index is 239. The van der Waals surface area contributed by atoms with Crippen molar-refractivity contribution >= 4 is 5.91 Å². The van der Waals surface area contributed by atoms with Gasteiger partial charge in [-0.05, 0) is 25.7 Å². The van der Waals surface area contributed by atoms with Gasteiger partial charge in [0.25, 0.3) is 0 Å². The van der Waals surface area contributed by atoms with E-state index in [4.69, 9.17) is 0 Å². The molecule has 1 rings (SSSR count). The summed E-state index contributed by atoms with van der Waals surface area (Å²) in [7, 11) is 0. The summed E-state index contributed by atoms with van der Waals surface area (Å²) < 4.78 is 0. The van der Waals surface area contributed by atoms with E-state index in [9.17, 15) is 9.90 Å². The second-order valence-corrected chi connectivity index (χ2v) is 5.70. The predicted molar refractivity (Wildman–Crippen MR) is 74.4 cm³/mol. The fourth-order valence-corrected chi connectivity index (χ4v) is 2.95. The lowest BCUT2D eigenvalue weighted by Gasteiger charge is -2.30. The van der Waals surface area contributed by atoms with Gasteiger partial charge in [-0.15, -0.1) is 0 Å². The lowest BCUT2D eigenvalue weighted by Crippen LogP contribution is -2.39. The summed E-state index contributed by atoms with van der Waals surface area (Å²) in [6.07, 6.45) is 8.36. The molecule has 0 aliphatic carbocycles. The molecule has 0 spiro atoms. The number of hydrogen-bond acceptors (Lipinski definition) is 2. The van der Waals surface area contributed by atoms with Gasteiger partial charge in [0.1, 0.15) is 0 Å². The molecule has 1 fully saturated rings. The van der Waals surface area contributed by atoms with Gasteiger partial charge in [-0.1, -0.05) is 39.5 Å². The van der Waals surface area contributed by atoms with Crippen LogP contribution in [0.4, 0.5) is 0 Å². The van der Waals surface area contributed by atoms with E-state index in [1.54, 1.807) is 0 Å². The molecule has 0 radical (unpaired) electrons. The first-order chi connectivity index (χ1) is 8.61.